The van der Waals surface area contributed by atoms with Crippen molar-refractivity contribution in [1.29, 1.82) is 0 Å². The molecule has 1 heterocycles. The molecule has 4 nitrogen and oxygen atoms in total. The van der Waals surface area contributed by atoms with Crippen LogP contribution in [0.15, 0.2) is 11.4 Å². The fraction of sp³-hybridized carbons (Fsp3) is 0.333. The van der Waals surface area contributed by atoms with Crippen molar-refractivity contribution in [1.82, 2.24) is 4.37 Å². The molecule has 0 unspecified atom stereocenters. The third-order valence-corrected chi connectivity index (χ3v) is 1.41. The summed E-state index contributed by atoms with van der Waals surface area (Å²) in [6, 6.07) is 1.60. The van der Waals surface area contributed by atoms with Crippen molar-refractivity contribution in [2.75, 3.05) is 6.61 Å². The summed E-state index contributed by atoms with van der Waals surface area (Å²) in [6.07, 6.45) is -0.710. The topological polar surface area (TPSA) is 48.4 Å². The highest BCUT2D eigenvalue weighted by Gasteiger charge is 2.04. The van der Waals surface area contributed by atoms with Crippen LogP contribution in [0.2, 0.25) is 0 Å². The minimum absolute atomic E-state index is 0.286. The first kappa shape index (κ1) is 8.00. The fourth-order valence-corrected chi connectivity index (χ4v) is 0.927. The summed E-state index contributed by atoms with van der Waals surface area (Å²) in [5, 5.41) is 1.72. The summed E-state index contributed by atoms with van der Waals surface area (Å²) < 4.78 is 12.9. The molecule has 0 aliphatic rings. The van der Waals surface area contributed by atoms with Gasteiger partial charge >= 0.3 is 6.16 Å². The number of nitrogens with zero attached hydrogens (tertiary/aromatic N) is 1. The molecule has 0 aliphatic carbocycles. The van der Waals surface area contributed by atoms with Gasteiger partial charge < -0.3 is 9.47 Å². The molecule has 0 saturated carbocycles. The lowest BCUT2D eigenvalue weighted by Crippen LogP contribution is -2.09. The SMILES string of the molecule is CCOC(=O)Oc1ccsn1. The number of ether oxygens (including phenoxy) is 2. The van der Waals surface area contributed by atoms with Crippen LogP contribution in [0.25, 0.3) is 0 Å². The summed E-state index contributed by atoms with van der Waals surface area (Å²) >= 11 is 1.22. The summed E-state index contributed by atoms with van der Waals surface area (Å²) in [6.45, 7) is 2.02. The van der Waals surface area contributed by atoms with E-state index in [2.05, 4.69) is 13.8 Å². The van der Waals surface area contributed by atoms with E-state index < -0.39 is 6.16 Å². The molecule has 60 valence electrons. The molecular formula is C6H7NO3S. The first-order valence-electron chi connectivity index (χ1n) is 3.08. The van der Waals surface area contributed by atoms with Crippen molar-refractivity contribution in [3.63, 3.8) is 0 Å². The van der Waals surface area contributed by atoms with Gasteiger partial charge in [0.1, 0.15) is 0 Å². The highest BCUT2D eigenvalue weighted by molar-refractivity contribution is 7.03. The maximum Gasteiger partial charge on any atom is 0.515 e. The standard InChI is InChI=1S/C6H7NO3S/c1-2-9-6(8)10-5-3-4-11-7-5/h3-4H,2H2,1H3. The van der Waals surface area contributed by atoms with Gasteiger partial charge in [0.25, 0.3) is 0 Å². The van der Waals surface area contributed by atoms with Crippen LogP contribution in [-0.2, 0) is 4.74 Å². The molecule has 5 heteroatoms. The number of aromatic nitrogens is 1. The maximum absolute atomic E-state index is 10.6. The highest BCUT2D eigenvalue weighted by Crippen LogP contribution is 2.08. The van der Waals surface area contributed by atoms with Crippen molar-refractivity contribution < 1.29 is 14.3 Å². The summed E-state index contributed by atoms with van der Waals surface area (Å²) in [5.74, 6) is 0.286. The predicted octanol–water partition coefficient (Wildman–Crippen LogP) is 1.68. The van der Waals surface area contributed by atoms with Crippen molar-refractivity contribution in [3.05, 3.63) is 11.4 Å². The third kappa shape index (κ3) is 2.55. The van der Waals surface area contributed by atoms with E-state index in [4.69, 9.17) is 0 Å². The first-order valence-corrected chi connectivity index (χ1v) is 3.91. The van der Waals surface area contributed by atoms with E-state index in [0.29, 0.717) is 6.61 Å². The van der Waals surface area contributed by atoms with Gasteiger partial charge in [-0.3, -0.25) is 0 Å². The Morgan fingerprint density at radius 1 is 1.82 bits per heavy atom. The van der Waals surface area contributed by atoms with E-state index >= 15 is 0 Å². The average molecular weight is 173 g/mol. The van der Waals surface area contributed by atoms with Gasteiger partial charge in [0.15, 0.2) is 0 Å². The minimum Gasteiger partial charge on any atom is -0.434 e. The van der Waals surface area contributed by atoms with Gasteiger partial charge in [0, 0.05) is 11.4 Å². The van der Waals surface area contributed by atoms with Crippen LogP contribution in [0.3, 0.4) is 0 Å². The molecule has 0 bridgehead atoms. The average Bonchev–Trinajstić information content (AvgIpc) is 2.40. The monoisotopic (exact) mass is 173 g/mol. The second kappa shape index (κ2) is 3.92. The normalized spacial score (nSPS) is 9.18. The number of rotatable bonds is 2. The van der Waals surface area contributed by atoms with E-state index in [1.807, 2.05) is 0 Å². The van der Waals surface area contributed by atoms with Crippen molar-refractivity contribution in [3.8, 4) is 5.88 Å². The molecule has 0 aromatic carbocycles. The molecule has 0 spiro atoms. The lowest BCUT2D eigenvalue weighted by molar-refractivity contribution is 0.103. The van der Waals surface area contributed by atoms with Crippen LogP contribution in [0.1, 0.15) is 6.92 Å². The zero-order valence-electron chi connectivity index (χ0n) is 5.94. The molecule has 11 heavy (non-hydrogen) atoms. The number of hydrogen-bond acceptors (Lipinski definition) is 5. The Kier molecular flexibility index (Phi) is 2.85. The van der Waals surface area contributed by atoms with E-state index in [0.717, 1.165) is 0 Å². The second-order valence-electron chi connectivity index (χ2n) is 1.62. The van der Waals surface area contributed by atoms with E-state index in [-0.39, 0.29) is 5.88 Å². The van der Waals surface area contributed by atoms with Gasteiger partial charge in [-0.25, -0.2) is 4.79 Å². The molecule has 0 saturated heterocycles. The summed E-state index contributed by atoms with van der Waals surface area (Å²) in [4.78, 5) is 10.6. The Bertz CT molecular complexity index is 222. The zero-order chi connectivity index (χ0) is 8.10. The van der Waals surface area contributed by atoms with Crippen LogP contribution in [0, 0.1) is 0 Å². The predicted molar refractivity (Wildman–Crippen MR) is 39.8 cm³/mol. The molecule has 1 aromatic heterocycles. The minimum atomic E-state index is -0.710. The van der Waals surface area contributed by atoms with Crippen molar-refractivity contribution in [2.24, 2.45) is 0 Å². The fourth-order valence-electron chi connectivity index (χ4n) is 0.487. The first-order chi connectivity index (χ1) is 5.33. The smallest absolute Gasteiger partial charge is 0.434 e. The molecule has 1 rings (SSSR count). The molecular weight excluding hydrogens is 166 g/mol. The zero-order valence-corrected chi connectivity index (χ0v) is 6.76. The van der Waals surface area contributed by atoms with Crippen LogP contribution in [-0.4, -0.2) is 17.1 Å². The van der Waals surface area contributed by atoms with Crippen LogP contribution in [0.5, 0.6) is 5.88 Å². The number of carbonyl (C=O) groups excluding carboxylic acids is 1. The van der Waals surface area contributed by atoms with Crippen LogP contribution in [0.4, 0.5) is 4.79 Å². The summed E-state index contributed by atoms with van der Waals surface area (Å²) in [5.41, 5.74) is 0. The lowest BCUT2D eigenvalue weighted by atomic mass is 10.7. The number of carbonyl (C=O) groups is 1. The van der Waals surface area contributed by atoms with Gasteiger partial charge in [-0.2, -0.15) is 4.37 Å². The van der Waals surface area contributed by atoms with Crippen LogP contribution < -0.4 is 4.74 Å². The molecule has 0 N–H and O–H groups in total. The van der Waals surface area contributed by atoms with Gasteiger partial charge in [-0.1, -0.05) is 0 Å². The molecule has 0 atom stereocenters. The molecule has 0 fully saturated rings. The molecule has 1 aromatic rings. The Labute approximate surface area is 67.9 Å². The van der Waals surface area contributed by atoms with Gasteiger partial charge in [0.2, 0.25) is 5.88 Å². The summed E-state index contributed by atoms with van der Waals surface area (Å²) in [7, 11) is 0. The number of hydrogen-bond donors (Lipinski definition) is 0. The van der Waals surface area contributed by atoms with E-state index in [9.17, 15) is 4.79 Å². The Morgan fingerprint density at radius 3 is 3.18 bits per heavy atom. The largest absolute Gasteiger partial charge is 0.515 e. The van der Waals surface area contributed by atoms with Gasteiger partial charge in [0.05, 0.1) is 6.61 Å². The van der Waals surface area contributed by atoms with Crippen LogP contribution >= 0.6 is 11.5 Å². The highest BCUT2D eigenvalue weighted by atomic mass is 32.1. The Morgan fingerprint density at radius 2 is 2.64 bits per heavy atom. The molecule has 0 radical (unpaired) electrons. The lowest BCUT2D eigenvalue weighted by Gasteiger charge is -1.98. The maximum atomic E-state index is 10.6. The van der Waals surface area contributed by atoms with E-state index in [1.54, 1.807) is 18.4 Å². The van der Waals surface area contributed by atoms with E-state index in [1.165, 1.54) is 11.5 Å². The van der Waals surface area contributed by atoms with Crippen molar-refractivity contribution >= 4 is 17.7 Å². The second-order valence-corrected chi connectivity index (χ2v) is 2.29. The Balaban J connectivity index is 2.37. The third-order valence-electron chi connectivity index (χ3n) is 0.864. The molecule has 0 amide bonds. The quantitative estimate of drug-likeness (QED) is 0.638. The van der Waals surface area contributed by atoms with Crippen molar-refractivity contribution in [2.45, 2.75) is 6.92 Å². The Hall–Kier alpha value is -1.10. The molecule has 0 aliphatic heterocycles. The van der Waals surface area contributed by atoms with Gasteiger partial charge in [-0.15, -0.1) is 0 Å². The van der Waals surface area contributed by atoms with Gasteiger partial charge in [-0.05, 0) is 18.5 Å².